The molecule has 1 aliphatic carbocycles. The molecule has 1 amide bonds. The second-order valence-corrected chi connectivity index (χ2v) is 6.42. The standard InChI is InChI=1S/C14H18N2O2S/c1-16(9-2-4-10(17)5-3-9)13-8-11-12(19-13)6-7-15-14(11)18/h8-9H,2-7H2,1H3,(H,15,18). The number of carbonyl (C=O) groups excluding carboxylic acids is 2. The van der Waals surface area contributed by atoms with E-state index >= 15 is 0 Å². The summed E-state index contributed by atoms with van der Waals surface area (Å²) in [6.07, 6.45) is 4.19. The smallest absolute Gasteiger partial charge is 0.252 e. The van der Waals surface area contributed by atoms with E-state index < -0.39 is 0 Å². The molecular weight excluding hydrogens is 260 g/mol. The Hall–Kier alpha value is -1.36. The molecule has 1 aromatic rings. The van der Waals surface area contributed by atoms with Gasteiger partial charge in [-0.05, 0) is 18.9 Å². The molecule has 0 atom stereocenters. The van der Waals surface area contributed by atoms with E-state index in [2.05, 4.69) is 17.3 Å². The third kappa shape index (κ3) is 2.39. The first-order valence-corrected chi connectivity index (χ1v) is 7.62. The molecule has 1 saturated carbocycles. The Morgan fingerprint density at radius 1 is 1.26 bits per heavy atom. The zero-order valence-corrected chi connectivity index (χ0v) is 11.9. The van der Waals surface area contributed by atoms with Gasteiger partial charge >= 0.3 is 0 Å². The first-order valence-electron chi connectivity index (χ1n) is 6.80. The van der Waals surface area contributed by atoms with Crippen molar-refractivity contribution >= 4 is 28.0 Å². The molecule has 3 rings (SSSR count). The van der Waals surface area contributed by atoms with E-state index in [0.29, 0.717) is 24.7 Å². The summed E-state index contributed by atoms with van der Waals surface area (Å²) in [7, 11) is 2.08. The van der Waals surface area contributed by atoms with Crippen molar-refractivity contribution in [3.63, 3.8) is 0 Å². The van der Waals surface area contributed by atoms with E-state index in [9.17, 15) is 9.59 Å². The Morgan fingerprint density at radius 2 is 2.00 bits per heavy atom. The lowest BCUT2D eigenvalue weighted by atomic mass is 9.93. The molecule has 0 unspecified atom stereocenters. The molecule has 102 valence electrons. The number of thiophene rings is 1. The van der Waals surface area contributed by atoms with Gasteiger partial charge in [-0.2, -0.15) is 0 Å². The van der Waals surface area contributed by atoms with Crippen LogP contribution < -0.4 is 10.2 Å². The highest BCUT2D eigenvalue weighted by Gasteiger charge is 2.26. The van der Waals surface area contributed by atoms with Crippen LogP contribution in [0.25, 0.3) is 0 Å². The maximum atomic E-state index is 11.8. The maximum Gasteiger partial charge on any atom is 0.252 e. The molecule has 0 radical (unpaired) electrons. The second kappa shape index (κ2) is 4.96. The predicted octanol–water partition coefficient (Wildman–Crippen LogP) is 1.98. The summed E-state index contributed by atoms with van der Waals surface area (Å²) < 4.78 is 0. The van der Waals surface area contributed by atoms with E-state index in [4.69, 9.17) is 0 Å². The summed E-state index contributed by atoms with van der Waals surface area (Å²) in [6, 6.07) is 2.44. The number of hydrogen-bond donors (Lipinski definition) is 1. The average molecular weight is 278 g/mol. The number of ketones is 1. The van der Waals surface area contributed by atoms with Crippen LogP contribution in [0.5, 0.6) is 0 Å². The predicted molar refractivity (Wildman–Crippen MR) is 76.0 cm³/mol. The number of nitrogens with one attached hydrogen (secondary N) is 1. The highest BCUT2D eigenvalue weighted by atomic mass is 32.1. The van der Waals surface area contributed by atoms with Crippen molar-refractivity contribution in [3.05, 3.63) is 16.5 Å². The molecule has 2 heterocycles. The summed E-state index contributed by atoms with van der Waals surface area (Å²) in [4.78, 5) is 26.5. The van der Waals surface area contributed by atoms with Crippen molar-refractivity contribution in [2.24, 2.45) is 0 Å². The highest BCUT2D eigenvalue weighted by Crippen LogP contribution is 2.34. The molecule has 1 N–H and O–H groups in total. The first-order chi connectivity index (χ1) is 9.15. The zero-order chi connectivity index (χ0) is 13.4. The molecule has 5 heteroatoms. The van der Waals surface area contributed by atoms with Gasteiger partial charge in [-0.25, -0.2) is 0 Å². The van der Waals surface area contributed by atoms with Crippen LogP contribution in [0.4, 0.5) is 5.00 Å². The van der Waals surface area contributed by atoms with Gasteiger partial charge < -0.3 is 10.2 Å². The van der Waals surface area contributed by atoms with Crippen molar-refractivity contribution in [2.75, 3.05) is 18.5 Å². The molecule has 0 spiro atoms. The number of carbonyl (C=O) groups is 2. The maximum absolute atomic E-state index is 11.8. The summed E-state index contributed by atoms with van der Waals surface area (Å²) in [5.41, 5.74) is 0.838. The summed E-state index contributed by atoms with van der Waals surface area (Å²) >= 11 is 1.72. The lowest BCUT2D eigenvalue weighted by molar-refractivity contribution is -0.120. The van der Waals surface area contributed by atoms with Gasteiger partial charge in [-0.15, -0.1) is 11.3 Å². The van der Waals surface area contributed by atoms with Crippen LogP contribution in [-0.4, -0.2) is 31.3 Å². The third-order valence-electron chi connectivity index (χ3n) is 4.09. The summed E-state index contributed by atoms with van der Waals surface area (Å²) in [6.45, 7) is 0.743. The summed E-state index contributed by atoms with van der Waals surface area (Å²) in [5.74, 6) is 0.436. The molecule has 1 fully saturated rings. The number of hydrogen-bond acceptors (Lipinski definition) is 4. The Labute approximate surface area is 116 Å². The number of rotatable bonds is 2. The quantitative estimate of drug-likeness (QED) is 0.900. The second-order valence-electron chi connectivity index (χ2n) is 5.31. The van der Waals surface area contributed by atoms with E-state index in [1.165, 1.54) is 4.88 Å². The van der Waals surface area contributed by atoms with E-state index in [-0.39, 0.29) is 5.91 Å². The van der Waals surface area contributed by atoms with E-state index in [1.807, 2.05) is 6.07 Å². The Morgan fingerprint density at radius 3 is 2.68 bits per heavy atom. The average Bonchev–Trinajstić information content (AvgIpc) is 2.84. The fourth-order valence-electron chi connectivity index (χ4n) is 2.84. The van der Waals surface area contributed by atoms with Crippen molar-refractivity contribution < 1.29 is 9.59 Å². The van der Waals surface area contributed by atoms with Crippen molar-refractivity contribution in [2.45, 2.75) is 38.1 Å². The number of anilines is 1. The van der Waals surface area contributed by atoms with Crippen LogP contribution in [0.3, 0.4) is 0 Å². The number of nitrogens with zero attached hydrogens (tertiary/aromatic N) is 1. The monoisotopic (exact) mass is 278 g/mol. The molecule has 4 nitrogen and oxygen atoms in total. The first kappa shape index (κ1) is 12.7. The van der Waals surface area contributed by atoms with E-state index in [0.717, 1.165) is 36.4 Å². The Balaban J connectivity index is 1.78. The largest absolute Gasteiger partial charge is 0.363 e. The zero-order valence-electron chi connectivity index (χ0n) is 11.1. The van der Waals surface area contributed by atoms with Gasteiger partial charge in [0.05, 0.1) is 10.6 Å². The minimum atomic E-state index is 0.0518. The SMILES string of the molecule is CN(c1cc2c(s1)CCNC2=O)C1CCC(=O)CC1. The molecule has 1 aliphatic heterocycles. The van der Waals surface area contributed by atoms with Crippen LogP contribution in [0, 0.1) is 0 Å². The van der Waals surface area contributed by atoms with Crippen molar-refractivity contribution in [3.8, 4) is 0 Å². The minimum absolute atomic E-state index is 0.0518. The van der Waals surface area contributed by atoms with Gasteiger partial charge in [-0.1, -0.05) is 0 Å². The normalized spacial score (nSPS) is 20.1. The van der Waals surface area contributed by atoms with Crippen LogP contribution in [-0.2, 0) is 11.2 Å². The van der Waals surface area contributed by atoms with Gasteiger partial charge in [0.1, 0.15) is 5.78 Å². The van der Waals surface area contributed by atoms with Crippen LogP contribution in [0.1, 0.15) is 40.9 Å². The van der Waals surface area contributed by atoms with Gasteiger partial charge in [-0.3, -0.25) is 9.59 Å². The van der Waals surface area contributed by atoms with Gasteiger partial charge in [0, 0.05) is 43.8 Å². The highest BCUT2D eigenvalue weighted by molar-refractivity contribution is 7.16. The van der Waals surface area contributed by atoms with Crippen LogP contribution >= 0.6 is 11.3 Å². The molecule has 0 aromatic carbocycles. The Kier molecular flexibility index (Phi) is 3.31. The molecular formula is C14H18N2O2S. The van der Waals surface area contributed by atoms with Crippen molar-refractivity contribution in [1.29, 1.82) is 0 Å². The van der Waals surface area contributed by atoms with E-state index in [1.54, 1.807) is 11.3 Å². The van der Waals surface area contributed by atoms with Gasteiger partial charge in [0.15, 0.2) is 0 Å². The van der Waals surface area contributed by atoms with Gasteiger partial charge in [0.2, 0.25) is 0 Å². The molecule has 1 aromatic heterocycles. The number of Topliss-reactive ketones (excluding diaryl/α,β-unsaturated/α-hetero) is 1. The molecule has 19 heavy (non-hydrogen) atoms. The van der Waals surface area contributed by atoms with Crippen molar-refractivity contribution in [1.82, 2.24) is 5.32 Å². The molecule has 0 bridgehead atoms. The van der Waals surface area contributed by atoms with Gasteiger partial charge in [0.25, 0.3) is 5.91 Å². The Bertz CT molecular complexity index is 514. The van der Waals surface area contributed by atoms with Crippen LogP contribution in [0.2, 0.25) is 0 Å². The third-order valence-corrected chi connectivity index (χ3v) is 5.37. The minimum Gasteiger partial charge on any atom is -0.363 e. The fourth-order valence-corrected chi connectivity index (χ4v) is 4.03. The number of amides is 1. The number of fused-ring (bicyclic) bond motifs is 1. The fraction of sp³-hybridized carbons (Fsp3) is 0.571. The molecule has 2 aliphatic rings. The summed E-state index contributed by atoms with van der Waals surface area (Å²) in [5, 5.41) is 4.03. The topological polar surface area (TPSA) is 49.4 Å². The lowest BCUT2D eigenvalue weighted by Crippen LogP contribution is -2.34. The lowest BCUT2D eigenvalue weighted by Gasteiger charge is -2.31. The van der Waals surface area contributed by atoms with Crippen LogP contribution in [0.15, 0.2) is 6.07 Å². The molecule has 0 saturated heterocycles.